The van der Waals surface area contributed by atoms with Crippen LogP contribution in [0.1, 0.15) is 130 Å². The molecule has 0 radical (unpaired) electrons. The molecule has 8 rings (SSSR count). The van der Waals surface area contributed by atoms with E-state index in [2.05, 4.69) is 64.5 Å². The van der Waals surface area contributed by atoms with Crippen molar-refractivity contribution in [3.8, 4) is 22.3 Å². The Bertz CT molecular complexity index is 2140. The summed E-state index contributed by atoms with van der Waals surface area (Å²) in [7, 11) is 0. The van der Waals surface area contributed by atoms with E-state index in [1.807, 2.05) is 41.5 Å². The van der Waals surface area contributed by atoms with Crippen molar-refractivity contribution in [2.75, 3.05) is 0 Å². The molecule has 6 aromatic rings. The van der Waals surface area contributed by atoms with Crippen LogP contribution in [0.15, 0.2) is 39.4 Å². The van der Waals surface area contributed by atoms with E-state index in [0.29, 0.717) is 24.7 Å². The first kappa shape index (κ1) is 33.0. The van der Waals surface area contributed by atoms with Gasteiger partial charge in [0.15, 0.2) is 0 Å². The van der Waals surface area contributed by atoms with Crippen molar-refractivity contribution >= 4 is 27.6 Å². The second-order valence-corrected chi connectivity index (χ2v) is 13.9. The van der Waals surface area contributed by atoms with Gasteiger partial charge in [-0.3, -0.25) is 0 Å². The SMILES string of the molecule is C/C=C(\CC)c1cc(-c2c(C)noc2C)cc2[nH]c(C3CC3)nc12.CCC(O)(CC)c1cc(-c2c(C)noc2C)cc2[nH]c(C3CC3)nc12. The van der Waals surface area contributed by atoms with E-state index in [9.17, 15) is 5.11 Å². The molecule has 0 bridgehead atoms. The standard InChI is InChI=1S/C20H25N3O2.C20H23N3O/c1-5-20(24,6-2)15-9-14(17-11(3)23-25-12(17)4)10-16-18(15)22-19(21-16)13-7-8-13;1-5-13(6-2)16-9-15(18-11(3)23-24-12(18)4)10-17-19(16)22-20(21-17)14-7-8-14/h9-10,13,24H,5-8H2,1-4H3,(H,21,22);5,9-10,14H,6-8H2,1-4H3,(H,21,22)/b;13-5+. The van der Waals surface area contributed by atoms with E-state index in [4.69, 9.17) is 19.0 Å². The first-order valence-electron chi connectivity index (χ1n) is 17.9. The summed E-state index contributed by atoms with van der Waals surface area (Å²) in [4.78, 5) is 16.8. The van der Waals surface area contributed by atoms with Gasteiger partial charge in [-0.05, 0) is 121 Å². The van der Waals surface area contributed by atoms with E-state index >= 15 is 0 Å². The molecule has 2 saturated carbocycles. The second kappa shape index (κ2) is 12.8. The van der Waals surface area contributed by atoms with Crippen molar-refractivity contribution in [1.82, 2.24) is 30.2 Å². The highest BCUT2D eigenvalue weighted by Crippen LogP contribution is 2.43. The molecule has 49 heavy (non-hydrogen) atoms. The van der Waals surface area contributed by atoms with Gasteiger partial charge in [-0.2, -0.15) is 0 Å². The molecular weight excluding hydrogens is 612 g/mol. The van der Waals surface area contributed by atoms with E-state index in [1.165, 1.54) is 36.8 Å². The quantitative estimate of drug-likeness (QED) is 0.141. The highest BCUT2D eigenvalue weighted by atomic mass is 16.5. The average Bonchev–Trinajstić information content (AvgIpc) is 3.99. The van der Waals surface area contributed by atoms with E-state index in [-0.39, 0.29) is 0 Å². The van der Waals surface area contributed by atoms with Crippen LogP contribution >= 0.6 is 0 Å². The zero-order valence-corrected chi connectivity index (χ0v) is 30.0. The molecule has 256 valence electrons. The summed E-state index contributed by atoms with van der Waals surface area (Å²) >= 11 is 0. The topological polar surface area (TPSA) is 130 Å². The Morgan fingerprint density at radius 3 is 1.69 bits per heavy atom. The van der Waals surface area contributed by atoms with Crippen LogP contribution in [0.25, 0.3) is 49.9 Å². The number of imidazole rings is 2. The molecule has 2 fully saturated rings. The molecule has 0 atom stereocenters. The van der Waals surface area contributed by atoms with Gasteiger partial charge in [-0.15, -0.1) is 0 Å². The molecular formula is C40H48N6O3. The number of benzene rings is 2. The van der Waals surface area contributed by atoms with E-state index < -0.39 is 5.60 Å². The molecule has 0 amide bonds. The van der Waals surface area contributed by atoms with Gasteiger partial charge in [0.2, 0.25) is 0 Å². The largest absolute Gasteiger partial charge is 0.385 e. The number of aromatic amines is 2. The normalized spacial score (nSPS) is 15.3. The number of allylic oxidation sites excluding steroid dienone is 2. The fraction of sp³-hybridized carbons (Fsp3) is 0.450. The lowest BCUT2D eigenvalue weighted by molar-refractivity contribution is 0.0297. The van der Waals surface area contributed by atoms with Crippen LogP contribution in [0.4, 0.5) is 0 Å². The van der Waals surface area contributed by atoms with Crippen molar-refractivity contribution in [1.29, 1.82) is 0 Å². The van der Waals surface area contributed by atoms with Gasteiger partial charge < -0.3 is 24.1 Å². The lowest BCUT2D eigenvalue weighted by Gasteiger charge is -2.26. The minimum atomic E-state index is -0.886. The van der Waals surface area contributed by atoms with Gasteiger partial charge >= 0.3 is 0 Å². The molecule has 9 heteroatoms. The smallest absolute Gasteiger partial charge is 0.141 e. The monoisotopic (exact) mass is 660 g/mol. The molecule has 2 aromatic carbocycles. The number of fused-ring (bicyclic) bond motifs is 2. The Labute approximate surface area is 287 Å². The molecule has 9 nitrogen and oxygen atoms in total. The van der Waals surface area contributed by atoms with Crippen LogP contribution in [0.2, 0.25) is 0 Å². The van der Waals surface area contributed by atoms with Crippen molar-refractivity contribution < 1.29 is 14.2 Å². The summed E-state index contributed by atoms with van der Waals surface area (Å²) in [6.45, 7) is 16.2. The first-order valence-corrected chi connectivity index (χ1v) is 17.9. The summed E-state index contributed by atoms with van der Waals surface area (Å²) < 4.78 is 10.7. The fourth-order valence-electron chi connectivity index (χ4n) is 7.23. The van der Waals surface area contributed by atoms with E-state index in [0.717, 1.165) is 90.9 Å². The molecule has 0 spiro atoms. The van der Waals surface area contributed by atoms with Gasteiger partial charge in [0.05, 0.1) is 39.1 Å². The van der Waals surface area contributed by atoms with Gasteiger partial charge in [-0.1, -0.05) is 37.2 Å². The van der Waals surface area contributed by atoms with Crippen LogP contribution in [-0.4, -0.2) is 35.4 Å². The molecule has 4 aromatic heterocycles. The number of nitrogens with zero attached hydrogens (tertiary/aromatic N) is 4. The molecule has 0 aliphatic heterocycles. The minimum Gasteiger partial charge on any atom is -0.385 e. The third-order valence-corrected chi connectivity index (χ3v) is 10.5. The van der Waals surface area contributed by atoms with Crippen molar-refractivity contribution in [2.45, 2.75) is 118 Å². The minimum absolute atomic E-state index is 0.541. The average molecular weight is 661 g/mol. The number of aliphatic hydroxyl groups is 1. The van der Waals surface area contributed by atoms with Gasteiger partial charge in [0, 0.05) is 34.1 Å². The number of hydrogen-bond donors (Lipinski definition) is 3. The Morgan fingerprint density at radius 2 is 1.27 bits per heavy atom. The maximum atomic E-state index is 11.2. The predicted molar refractivity (Wildman–Crippen MR) is 195 cm³/mol. The molecule has 2 aliphatic carbocycles. The molecule has 4 heterocycles. The summed E-state index contributed by atoms with van der Waals surface area (Å²) in [5.41, 5.74) is 12.7. The van der Waals surface area contributed by atoms with Crippen LogP contribution in [0, 0.1) is 27.7 Å². The Hall–Kier alpha value is -4.50. The predicted octanol–water partition coefficient (Wildman–Crippen LogP) is 10.2. The van der Waals surface area contributed by atoms with Crippen LogP contribution < -0.4 is 0 Å². The highest BCUT2D eigenvalue weighted by Gasteiger charge is 2.33. The Morgan fingerprint density at radius 1 is 0.776 bits per heavy atom. The molecule has 2 aliphatic rings. The zero-order chi connectivity index (χ0) is 34.6. The number of aryl methyl sites for hydroxylation is 4. The maximum Gasteiger partial charge on any atom is 0.141 e. The van der Waals surface area contributed by atoms with Gasteiger partial charge in [0.1, 0.15) is 23.2 Å². The van der Waals surface area contributed by atoms with Crippen LogP contribution in [-0.2, 0) is 5.60 Å². The van der Waals surface area contributed by atoms with Crippen LogP contribution in [0.5, 0.6) is 0 Å². The highest BCUT2D eigenvalue weighted by molar-refractivity contribution is 5.94. The van der Waals surface area contributed by atoms with Crippen molar-refractivity contribution in [2.24, 2.45) is 0 Å². The summed E-state index contributed by atoms with van der Waals surface area (Å²) in [5, 5.41) is 19.4. The Balaban J connectivity index is 0.000000154. The lowest BCUT2D eigenvalue weighted by Crippen LogP contribution is -2.24. The lowest BCUT2D eigenvalue weighted by atomic mass is 9.85. The van der Waals surface area contributed by atoms with Gasteiger partial charge in [-0.25, -0.2) is 9.97 Å². The second-order valence-electron chi connectivity index (χ2n) is 13.9. The zero-order valence-electron chi connectivity index (χ0n) is 30.0. The molecule has 3 N–H and O–H groups in total. The van der Waals surface area contributed by atoms with Crippen molar-refractivity contribution in [3.63, 3.8) is 0 Å². The molecule has 0 saturated heterocycles. The number of rotatable bonds is 9. The Kier molecular flexibility index (Phi) is 8.59. The molecule has 0 unspecified atom stereocenters. The maximum absolute atomic E-state index is 11.2. The summed E-state index contributed by atoms with van der Waals surface area (Å²) in [6.07, 6.45) is 9.35. The number of H-pyrrole nitrogens is 2. The summed E-state index contributed by atoms with van der Waals surface area (Å²) in [6, 6.07) is 8.60. The number of aromatic nitrogens is 6. The van der Waals surface area contributed by atoms with Gasteiger partial charge in [0.25, 0.3) is 0 Å². The summed E-state index contributed by atoms with van der Waals surface area (Å²) in [5.74, 6) is 4.98. The van der Waals surface area contributed by atoms with Crippen LogP contribution in [0.3, 0.4) is 0 Å². The third kappa shape index (κ3) is 6.03. The third-order valence-electron chi connectivity index (χ3n) is 10.5. The fourth-order valence-corrected chi connectivity index (χ4v) is 7.23. The number of nitrogens with one attached hydrogen (secondary N) is 2. The number of hydrogen-bond acceptors (Lipinski definition) is 7. The first-order chi connectivity index (χ1) is 23.6. The van der Waals surface area contributed by atoms with Crippen molar-refractivity contribution in [3.05, 3.63) is 76.0 Å². The van der Waals surface area contributed by atoms with E-state index in [1.54, 1.807) is 0 Å².